The summed E-state index contributed by atoms with van der Waals surface area (Å²) < 4.78 is 62.0. The Hall–Kier alpha value is -3.29. The van der Waals surface area contributed by atoms with Crippen molar-refractivity contribution in [1.29, 1.82) is 0 Å². The minimum absolute atomic E-state index is 0.127. The van der Waals surface area contributed by atoms with Crippen molar-refractivity contribution in [1.82, 2.24) is 20.0 Å². The van der Waals surface area contributed by atoms with Gasteiger partial charge < -0.3 is 15.2 Å². The van der Waals surface area contributed by atoms with E-state index in [-0.39, 0.29) is 11.8 Å². The average molecular weight is 431 g/mol. The van der Waals surface area contributed by atoms with Crippen molar-refractivity contribution in [3.63, 3.8) is 0 Å². The van der Waals surface area contributed by atoms with Gasteiger partial charge in [-0.15, -0.1) is 5.10 Å². The van der Waals surface area contributed by atoms with Crippen LogP contribution in [-0.2, 0) is 10.0 Å². The van der Waals surface area contributed by atoms with Crippen LogP contribution in [0.1, 0.15) is 5.82 Å². The van der Waals surface area contributed by atoms with Gasteiger partial charge in [0.25, 0.3) is 16.0 Å². The van der Waals surface area contributed by atoms with Crippen LogP contribution in [0.2, 0.25) is 0 Å². The number of alkyl halides is 2. The van der Waals surface area contributed by atoms with Gasteiger partial charge in [-0.2, -0.15) is 28.0 Å². The standard InChI is InChI=1S/C15H19F2N7O4S/c1-9-19-14(21-15(20-9)27-4)24(13(18)22-23(2)3)29(25,26)11-8-6-5-7-10(11)28-12(16)17/h5-8,12H,1-4H3,(H2,18,22). The van der Waals surface area contributed by atoms with Crippen molar-refractivity contribution >= 4 is 21.9 Å². The van der Waals surface area contributed by atoms with E-state index < -0.39 is 39.2 Å². The lowest BCUT2D eigenvalue weighted by atomic mass is 10.3. The van der Waals surface area contributed by atoms with Crippen LogP contribution in [0, 0.1) is 6.92 Å². The molecule has 0 amide bonds. The summed E-state index contributed by atoms with van der Waals surface area (Å²) in [6.07, 6.45) is 0. The summed E-state index contributed by atoms with van der Waals surface area (Å²) in [5.74, 6) is -1.44. The minimum atomic E-state index is -4.63. The van der Waals surface area contributed by atoms with Crippen molar-refractivity contribution in [2.75, 3.05) is 25.5 Å². The summed E-state index contributed by atoms with van der Waals surface area (Å²) in [7, 11) is -0.345. The molecule has 0 saturated carbocycles. The first-order chi connectivity index (χ1) is 13.6. The zero-order chi connectivity index (χ0) is 21.8. The molecule has 2 N–H and O–H groups in total. The number of hydrogen-bond donors (Lipinski definition) is 1. The van der Waals surface area contributed by atoms with E-state index in [1.54, 1.807) is 0 Å². The number of methoxy groups -OCH3 is 1. The van der Waals surface area contributed by atoms with Gasteiger partial charge >= 0.3 is 12.6 Å². The molecule has 0 aliphatic carbocycles. The number of halogens is 2. The number of nitrogens with two attached hydrogens (primary N) is 1. The summed E-state index contributed by atoms with van der Waals surface area (Å²) in [6.45, 7) is -1.77. The van der Waals surface area contributed by atoms with Gasteiger partial charge in [0.15, 0.2) is 0 Å². The Balaban J connectivity index is 2.74. The van der Waals surface area contributed by atoms with Gasteiger partial charge in [0.2, 0.25) is 5.96 Å². The van der Waals surface area contributed by atoms with Crippen LogP contribution in [0.4, 0.5) is 14.7 Å². The molecule has 11 nitrogen and oxygen atoms in total. The third-order valence-corrected chi connectivity index (χ3v) is 4.90. The maximum atomic E-state index is 13.3. The second-order valence-electron chi connectivity index (χ2n) is 5.57. The van der Waals surface area contributed by atoms with Crippen molar-refractivity contribution in [2.24, 2.45) is 10.8 Å². The van der Waals surface area contributed by atoms with Crippen molar-refractivity contribution in [3.8, 4) is 11.8 Å². The molecule has 0 fully saturated rings. The molecule has 0 spiro atoms. The van der Waals surface area contributed by atoms with Crippen LogP contribution in [0.3, 0.4) is 0 Å². The lowest BCUT2D eigenvalue weighted by molar-refractivity contribution is -0.0517. The van der Waals surface area contributed by atoms with E-state index in [0.717, 1.165) is 12.1 Å². The summed E-state index contributed by atoms with van der Waals surface area (Å²) in [5, 5.41) is 5.11. The molecule has 0 aliphatic rings. The largest absolute Gasteiger partial charge is 0.467 e. The lowest BCUT2D eigenvalue weighted by Gasteiger charge is -2.23. The first-order valence-corrected chi connectivity index (χ1v) is 9.37. The maximum absolute atomic E-state index is 13.3. The molecule has 0 unspecified atom stereocenters. The van der Waals surface area contributed by atoms with Gasteiger partial charge in [0.1, 0.15) is 16.5 Å². The fraction of sp³-hybridized carbons (Fsp3) is 0.333. The van der Waals surface area contributed by atoms with E-state index in [0.29, 0.717) is 4.31 Å². The van der Waals surface area contributed by atoms with Gasteiger partial charge in [-0.25, -0.2) is 8.42 Å². The molecule has 29 heavy (non-hydrogen) atoms. The van der Waals surface area contributed by atoms with Gasteiger partial charge in [0.05, 0.1) is 7.11 Å². The third-order valence-electron chi connectivity index (χ3n) is 3.17. The van der Waals surface area contributed by atoms with Gasteiger partial charge in [-0.1, -0.05) is 12.1 Å². The average Bonchev–Trinajstić information content (AvgIpc) is 2.60. The minimum Gasteiger partial charge on any atom is -0.467 e. The third kappa shape index (κ3) is 5.16. The Bertz CT molecular complexity index is 1000. The number of sulfonamides is 1. The number of aromatic nitrogens is 3. The molecule has 0 saturated heterocycles. The van der Waals surface area contributed by atoms with E-state index in [4.69, 9.17) is 10.5 Å². The summed E-state index contributed by atoms with van der Waals surface area (Å²) in [4.78, 5) is 11.2. The van der Waals surface area contributed by atoms with Gasteiger partial charge in [-0.05, 0) is 19.1 Å². The summed E-state index contributed by atoms with van der Waals surface area (Å²) >= 11 is 0. The number of aryl methyl sites for hydroxylation is 1. The molecule has 1 heterocycles. The zero-order valence-electron chi connectivity index (χ0n) is 15.9. The van der Waals surface area contributed by atoms with Crippen LogP contribution in [-0.4, -0.2) is 62.2 Å². The highest BCUT2D eigenvalue weighted by Crippen LogP contribution is 2.30. The van der Waals surface area contributed by atoms with E-state index in [9.17, 15) is 17.2 Å². The fourth-order valence-corrected chi connectivity index (χ4v) is 3.56. The number of nitrogens with zero attached hydrogens (tertiary/aromatic N) is 6. The molecule has 0 aliphatic heterocycles. The van der Waals surface area contributed by atoms with E-state index in [1.165, 1.54) is 45.3 Å². The molecule has 0 atom stereocenters. The molecule has 14 heteroatoms. The van der Waals surface area contributed by atoms with Crippen molar-refractivity contribution in [2.45, 2.75) is 18.4 Å². The molecule has 2 rings (SSSR count). The van der Waals surface area contributed by atoms with Gasteiger partial charge in [-0.3, -0.25) is 5.01 Å². The normalized spacial score (nSPS) is 12.0. The summed E-state index contributed by atoms with van der Waals surface area (Å²) in [6, 6.07) is 4.66. The number of para-hydroxylation sites is 1. The Morgan fingerprint density at radius 2 is 1.86 bits per heavy atom. The zero-order valence-corrected chi connectivity index (χ0v) is 16.8. The van der Waals surface area contributed by atoms with Crippen LogP contribution < -0.4 is 19.5 Å². The van der Waals surface area contributed by atoms with Crippen molar-refractivity contribution in [3.05, 3.63) is 30.1 Å². The Labute approximate surface area is 165 Å². The van der Waals surface area contributed by atoms with E-state index in [1.807, 2.05) is 0 Å². The molecule has 158 valence electrons. The number of hydrogen-bond acceptors (Lipinski definition) is 9. The number of ether oxygens (including phenoxy) is 2. The number of benzene rings is 1. The monoisotopic (exact) mass is 431 g/mol. The van der Waals surface area contributed by atoms with Crippen LogP contribution in [0.5, 0.6) is 11.8 Å². The predicted octanol–water partition coefficient (Wildman–Crippen LogP) is 0.777. The topological polar surface area (TPSA) is 136 Å². The highest BCUT2D eigenvalue weighted by molar-refractivity contribution is 7.93. The highest BCUT2D eigenvalue weighted by atomic mass is 32.2. The SMILES string of the molecule is COc1nc(C)nc(N(C(N)=NN(C)C)S(=O)(=O)c2ccccc2OC(F)F)n1. The molecule has 2 aromatic rings. The number of guanidine groups is 1. The predicted molar refractivity (Wildman–Crippen MR) is 99.2 cm³/mol. The Morgan fingerprint density at radius 3 is 2.45 bits per heavy atom. The molecule has 0 radical (unpaired) electrons. The van der Waals surface area contributed by atoms with Crippen molar-refractivity contribution < 1.29 is 26.7 Å². The summed E-state index contributed by atoms with van der Waals surface area (Å²) in [5.41, 5.74) is 5.89. The highest BCUT2D eigenvalue weighted by Gasteiger charge is 2.34. The Morgan fingerprint density at radius 1 is 1.21 bits per heavy atom. The first kappa shape index (κ1) is 22.0. The van der Waals surface area contributed by atoms with Gasteiger partial charge in [0, 0.05) is 14.1 Å². The second-order valence-corrected chi connectivity index (χ2v) is 7.32. The Kier molecular flexibility index (Phi) is 6.68. The quantitative estimate of drug-likeness (QED) is 0.383. The molecular weight excluding hydrogens is 412 g/mol. The smallest absolute Gasteiger partial charge is 0.387 e. The fourth-order valence-electron chi connectivity index (χ4n) is 2.16. The molecular formula is C15H19F2N7O4S. The molecule has 0 bridgehead atoms. The van der Waals surface area contributed by atoms with E-state index in [2.05, 4.69) is 24.8 Å². The van der Waals surface area contributed by atoms with Crippen LogP contribution in [0.15, 0.2) is 34.3 Å². The number of rotatable bonds is 7. The van der Waals surface area contributed by atoms with E-state index >= 15 is 0 Å². The van der Waals surface area contributed by atoms with Crippen LogP contribution in [0.25, 0.3) is 0 Å². The second kappa shape index (κ2) is 8.81. The maximum Gasteiger partial charge on any atom is 0.387 e. The molecule has 1 aromatic heterocycles. The number of anilines is 1. The van der Waals surface area contributed by atoms with Crippen LogP contribution >= 0.6 is 0 Å². The lowest BCUT2D eigenvalue weighted by Crippen LogP contribution is -2.44. The number of hydrazone groups is 1. The molecule has 1 aromatic carbocycles. The first-order valence-electron chi connectivity index (χ1n) is 7.93.